The molecule has 0 aliphatic rings. The van der Waals surface area contributed by atoms with Crippen LogP contribution in [0.3, 0.4) is 0 Å². The molecule has 3 nitrogen and oxygen atoms in total. The maximum absolute atomic E-state index is 12.2. The zero-order valence-electron chi connectivity index (χ0n) is 14.7. The molecular weight excluding hydrogens is 300 g/mol. The van der Waals surface area contributed by atoms with Crippen molar-refractivity contribution in [2.24, 2.45) is 0 Å². The summed E-state index contributed by atoms with van der Waals surface area (Å²) >= 11 is 0. The number of hydrogen-bond donors (Lipinski definition) is 0. The second-order valence-corrected chi connectivity index (χ2v) is 5.86. The third-order valence-electron chi connectivity index (χ3n) is 3.99. The van der Waals surface area contributed by atoms with E-state index in [1.165, 1.54) is 18.4 Å². The Labute approximate surface area is 144 Å². The Morgan fingerprint density at radius 2 is 1.67 bits per heavy atom. The maximum Gasteiger partial charge on any atom is 0.343 e. The van der Waals surface area contributed by atoms with Crippen molar-refractivity contribution < 1.29 is 14.3 Å². The third-order valence-corrected chi connectivity index (χ3v) is 3.99. The van der Waals surface area contributed by atoms with E-state index in [0.717, 1.165) is 12.0 Å². The van der Waals surface area contributed by atoms with E-state index in [2.05, 4.69) is 6.92 Å². The first-order valence-corrected chi connectivity index (χ1v) is 8.66. The highest BCUT2D eigenvalue weighted by Gasteiger charge is 2.10. The summed E-state index contributed by atoms with van der Waals surface area (Å²) in [5, 5.41) is 0. The molecule has 0 N–H and O–H groups in total. The average molecular weight is 326 g/mol. The van der Waals surface area contributed by atoms with Gasteiger partial charge in [0.05, 0.1) is 11.7 Å². The lowest BCUT2D eigenvalue weighted by molar-refractivity contribution is 0.0729. The molecule has 0 radical (unpaired) electrons. The molecule has 24 heavy (non-hydrogen) atoms. The normalized spacial score (nSPS) is 12.0. The van der Waals surface area contributed by atoms with E-state index < -0.39 is 0 Å². The van der Waals surface area contributed by atoms with Gasteiger partial charge < -0.3 is 9.47 Å². The smallest absolute Gasteiger partial charge is 0.343 e. The largest absolute Gasteiger partial charge is 0.423 e. The standard InChI is InChI=1S/C21H26O3/c1-4-6-7-17-8-14-20(15-9-17)24-21(22)19-12-10-18(11-13-19)16(3)23-5-2/h8-16H,4-7H2,1-3H3. The molecule has 0 amide bonds. The highest BCUT2D eigenvalue weighted by molar-refractivity contribution is 5.91. The first kappa shape index (κ1) is 18.2. The minimum absolute atomic E-state index is 0.0238. The van der Waals surface area contributed by atoms with Crippen LogP contribution in [0.2, 0.25) is 0 Å². The third kappa shape index (κ3) is 5.20. The molecule has 3 heteroatoms. The van der Waals surface area contributed by atoms with Crippen molar-refractivity contribution in [3.8, 4) is 5.75 Å². The molecule has 1 unspecified atom stereocenters. The number of aryl methyl sites for hydroxylation is 1. The van der Waals surface area contributed by atoms with E-state index in [1.807, 2.05) is 50.2 Å². The Morgan fingerprint density at radius 3 is 2.25 bits per heavy atom. The van der Waals surface area contributed by atoms with Crippen LogP contribution < -0.4 is 4.74 Å². The lowest BCUT2D eigenvalue weighted by atomic mass is 10.1. The molecule has 0 saturated carbocycles. The summed E-state index contributed by atoms with van der Waals surface area (Å²) in [6.07, 6.45) is 3.43. The van der Waals surface area contributed by atoms with Gasteiger partial charge in [-0.25, -0.2) is 4.79 Å². The minimum Gasteiger partial charge on any atom is -0.423 e. The van der Waals surface area contributed by atoms with Gasteiger partial charge in [0, 0.05) is 6.61 Å². The van der Waals surface area contributed by atoms with Crippen molar-refractivity contribution in [3.05, 3.63) is 65.2 Å². The van der Waals surface area contributed by atoms with Gasteiger partial charge in [0.2, 0.25) is 0 Å². The van der Waals surface area contributed by atoms with Gasteiger partial charge >= 0.3 is 5.97 Å². The van der Waals surface area contributed by atoms with Gasteiger partial charge in [-0.05, 0) is 62.1 Å². The monoisotopic (exact) mass is 326 g/mol. The Morgan fingerprint density at radius 1 is 1.00 bits per heavy atom. The molecule has 0 heterocycles. The number of rotatable bonds is 8. The number of benzene rings is 2. The number of hydrogen-bond acceptors (Lipinski definition) is 3. The van der Waals surface area contributed by atoms with Crippen LogP contribution in [0, 0.1) is 0 Å². The molecule has 2 aromatic rings. The van der Waals surface area contributed by atoms with Gasteiger partial charge in [-0.2, -0.15) is 0 Å². The quantitative estimate of drug-likeness (QED) is 0.485. The summed E-state index contributed by atoms with van der Waals surface area (Å²) in [6, 6.07) is 15.1. The van der Waals surface area contributed by atoms with Crippen LogP contribution in [0.1, 0.15) is 61.2 Å². The Kier molecular flexibility index (Phi) is 7.01. The number of ether oxygens (including phenoxy) is 2. The molecule has 128 valence electrons. The highest BCUT2D eigenvalue weighted by Crippen LogP contribution is 2.19. The van der Waals surface area contributed by atoms with E-state index in [0.29, 0.717) is 17.9 Å². The van der Waals surface area contributed by atoms with Crippen molar-refractivity contribution in [2.75, 3.05) is 6.61 Å². The van der Waals surface area contributed by atoms with Crippen LogP contribution in [-0.2, 0) is 11.2 Å². The van der Waals surface area contributed by atoms with E-state index in [4.69, 9.17) is 9.47 Å². The van der Waals surface area contributed by atoms with Crippen molar-refractivity contribution in [1.82, 2.24) is 0 Å². The van der Waals surface area contributed by atoms with Crippen LogP contribution >= 0.6 is 0 Å². The molecule has 0 saturated heterocycles. The summed E-state index contributed by atoms with van der Waals surface area (Å²) in [5.74, 6) is 0.235. The van der Waals surface area contributed by atoms with Gasteiger partial charge in [-0.15, -0.1) is 0 Å². The summed E-state index contributed by atoms with van der Waals surface area (Å²) in [5.41, 5.74) is 2.86. The van der Waals surface area contributed by atoms with Crippen LogP contribution in [0.4, 0.5) is 0 Å². The molecule has 0 spiro atoms. The molecule has 2 rings (SSSR count). The topological polar surface area (TPSA) is 35.5 Å². The fourth-order valence-corrected chi connectivity index (χ4v) is 2.51. The highest BCUT2D eigenvalue weighted by atomic mass is 16.5. The minimum atomic E-state index is -0.341. The Balaban J connectivity index is 1.96. The molecule has 0 aliphatic carbocycles. The Hall–Kier alpha value is -2.13. The predicted octanol–water partition coefficient (Wildman–Crippen LogP) is 5.35. The number of esters is 1. The molecule has 2 aromatic carbocycles. The maximum atomic E-state index is 12.2. The number of unbranched alkanes of at least 4 members (excludes halogenated alkanes) is 1. The Bertz CT molecular complexity index is 629. The second-order valence-electron chi connectivity index (χ2n) is 5.86. The van der Waals surface area contributed by atoms with Crippen LogP contribution in [-0.4, -0.2) is 12.6 Å². The fraction of sp³-hybridized carbons (Fsp3) is 0.381. The average Bonchev–Trinajstić information content (AvgIpc) is 2.61. The van der Waals surface area contributed by atoms with Gasteiger partial charge in [0.15, 0.2) is 0 Å². The van der Waals surface area contributed by atoms with Crippen LogP contribution in [0.15, 0.2) is 48.5 Å². The lowest BCUT2D eigenvalue weighted by Crippen LogP contribution is -2.09. The first-order chi connectivity index (χ1) is 11.6. The van der Waals surface area contributed by atoms with Crippen LogP contribution in [0.25, 0.3) is 0 Å². The molecule has 1 atom stereocenters. The van der Waals surface area contributed by atoms with E-state index >= 15 is 0 Å². The predicted molar refractivity (Wildman–Crippen MR) is 96.5 cm³/mol. The summed E-state index contributed by atoms with van der Waals surface area (Å²) in [6.45, 7) is 6.81. The van der Waals surface area contributed by atoms with Crippen molar-refractivity contribution in [2.45, 2.75) is 46.1 Å². The summed E-state index contributed by atoms with van der Waals surface area (Å²) < 4.78 is 11.0. The van der Waals surface area contributed by atoms with Crippen molar-refractivity contribution in [1.29, 1.82) is 0 Å². The van der Waals surface area contributed by atoms with Crippen molar-refractivity contribution in [3.63, 3.8) is 0 Å². The number of carbonyl (C=O) groups excluding carboxylic acids is 1. The van der Waals surface area contributed by atoms with E-state index in [-0.39, 0.29) is 12.1 Å². The van der Waals surface area contributed by atoms with Crippen LogP contribution in [0.5, 0.6) is 5.75 Å². The molecule has 0 aromatic heterocycles. The summed E-state index contributed by atoms with van der Waals surface area (Å²) in [4.78, 5) is 12.2. The SMILES string of the molecule is CCCCc1ccc(OC(=O)c2ccc(C(C)OCC)cc2)cc1. The van der Waals surface area contributed by atoms with Gasteiger partial charge in [-0.1, -0.05) is 37.6 Å². The zero-order chi connectivity index (χ0) is 17.4. The van der Waals surface area contributed by atoms with E-state index in [1.54, 1.807) is 12.1 Å². The van der Waals surface area contributed by atoms with E-state index in [9.17, 15) is 4.79 Å². The van der Waals surface area contributed by atoms with Gasteiger partial charge in [0.25, 0.3) is 0 Å². The first-order valence-electron chi connectivity index (χ1n) is 8.66. The molecule has 0 aliphatic heterocycles. The number of carbonyl (C=O) groups is 1. The zero-order valence-corrected chi connectivity index (χ0v) is 14.7. The molecule has 0 fully saturated rings. The van der Waals surface area contributed by atoms with Gasteiger partial charge in [-0.3, -0.25) is 0 Å². The van der Waals surface area contributed by atoms with Crippen molar-refractivity contribution >= 4 is 5.97 Å². The molecule has 0 bridgehead atoms. The summed E-state index contributed by atoms with van der Waals surface area (Å²) in [7, 11) is 0. The lowest BCUT2D eigenvalue weighted by Gasteiger charge is -2.12. The van der Waals surface area contributed by atoms with Gasteiger partial charge in [0.1, 0.15) is 5.75 Å². The second kappa shape index (κ2) is 9.24. The molecular formula is C21H26O3. The fourth-order valence-electron chi connectivity index (χ4n) is 2.51.